The van der Waals surface area contributed by atoms with Crippen LogP contribution < -0.4 is 0 Å². The van der Waals surface area contributed by atoms with Crippen molar-refractivity contribution in [2.24, 2.45) is 0 Å². The van der Waals surface area contributed by atoms with Gasteiger partial charge in [0.1, 0.15) is 0 Å². The summed E-state index contributed by atoms with van der Waals surface area (Å²) in [5, 5.41) is 17.9. The maximum atomic E-state index is 12.0. The van der Waals surface area contributed by atoms with Crippen LogP contribution in [-0.4, -0.2) is 47.3 Å². The first-order chi connectivity index (χ1) is 14.3. The summed E-state index contributed by atoms with van der Waals surface area (Å²) >= 11 is 0. The van der Waals surface area contributed by atoms with E-state index in [0.29, 0.717) is 19.5 Å². The Morgan fingerprint density at radius 1 is 0.552 bits per heavy atom. The number of amides is 1. The van der Waals surface area contributed by atoms with Crippen LogP contribution in [0.4, 0.5) is 0 Å². The van der Waals surface area contributed by atoms with Crippen LogP contribution in [0.2, 0.25) is 0 Å². The monoisotopic (exact) mass is 413 g/mol. The second-order valence-corrected chi connectivity index (χ2v) is 8.59. The van der Waals surface area contributed by atoms with Gasteiger partial charge in [0.2, 0.25) is 5.91 Å². The van der Waals surface area contributed by atoms with Crippen LogP contribution >= 0.6 is 0 Å². The predicted molar refractivity (Wildman–Crippen MR) is 124 cm³/mol. The van der Waals surface area contributed by atoms with Gasteiger partial charge in [0.15, 0.2) is 0 Å². The highest BCUT2D eigenvalue weighted by Gasteiger charge is 2.11. The molecule has 174 valence electrons. The van der Waals surface area contributed by atoms with Crippen molar-refractivity contribution in [3.63, 3.8) is 0 Å². The quantitative estimate of drug-likeness (QED) is 0.195. The lowest BCUT2D eigenvalue weighted by Crippen LogP contribution is -2.35. The summed E-state index contributed by atoms with van der Waals surface area (Å²) in [6.45, 7) is 2.87. The Balaban J connectivity index is 3.24. The van der Waals surface area contributed by atoms with Crippen molar-refractivity contribution in [1.82, 2.24) is 4.90 Å². The lowest BCUT2D eigenvalue weighted by molar-refractivity contribution is -0.132. The average molecular weight is 414 g/mol. The number of carbonyl (C=O) groups is 1. The van der Waals surface area contributed by atoms with Gasteiger partial charge in [-0.05, 0) is 6.42 Å². The van der Waals surface area contributed by atoms with E-state index in [1.165, 1.54) is 103 Å². The zero-order valence-corrected chi connectivity index (χ0v) is 19.5. The fourth-order valence-corrected chi connectivity index (χ4v) is 3.94. The maximum absolute atomic E-state index is 12.0. The fourth-order valence-electron chi connectivity index (χ4n) is 3.94. The van der Waals surface area contributed by atoms with Gasteiger partial charge >= 0.3 is 0 Å². The second-order valence-electron chi connectivity index (χ2n) is 8.59. The summed E-state index contributed by atoms with van der Waals surface area (Å²) in [4.78, 5) is 13.6. The van der Waals surface area contributed by atoms with Crippen molar-refractivity contribution >= 4 is 5.91 Å². The Hall–Kier alpha value is -0.610. The number of unbranched alkanes of at least 4 members (excludes halogenated alkanes) is 17. The number of aliphatic hydroxyl groups is 2. The minimum absolute atomic E-state index is 0.0368. The number of aliphatic hydroxyl groups excluding tert-OH is 2. The van der Waals surface area contributed by atoms with Gasteiger partial charge in [-0.1, -0.05) is 116 Å². The molecule has 0 saturated heterocycles. The van der Waals surface area contributed by atoms with E-state index in [2.05, 4.69) is 6.92 Å². The molecular formula is C25H51NO3. The van der Waals surface area contributed by atoms with Crippen molar-refractivity contribution in [3.8, 4) is 0 Å². The Bertz CT molecular complexity index is 330. The topological polar surface area (TPSA) is 60.8 Å². The average Bonchev–Trinajstić information content (AvgIpc) is 2.72. The molecule has 0 aromatic rings. The zero-order chi connectivity index (χ0) is 21.4. The van der Waals surface area contributed by atoms with Crippen LogP contribution in [0.15, 0.2) is 0 Å². The first kappa shape index (κ1) is 28.4. The third-order valence-corrected chi connectivity index (χ3v) is 5.84. The Labute approximate surface area is 181 Å². The second kappa shape index (κ2) is 23.7. The van der Waals surface area contributed by atoms with E-state index in [-0.39, 0.29) is 19.1 Å². The van der Waals surface area contributed by atoms with Crippen molar-refractivity contribution in [2.75, 3.05) is 26.3 Å². The van der Waals surface area contributed by atoms with Crippen molar-refractivity contribution in [1.29, 1.82) is 0 Å². The molecule has 4 nitrogen and oxygen atoms in total. The Kier molecular flexibility index (Phi) is 23.2. The van der Waals surface area contributed by atoms with Gasteiger partial charge in [0.25, 0.3) is 0 Å². The lowest BCUT2D eigenvalue weighted by Gasteiger charge is -2.20. The molecule has 0 unspecified atom stereocenters. The standard InChI is InChI=1S/C25H51NO3/c1-2-3-4-5-6-7-8-9-10-11-12-13-14-15-16-17-18-19-20-25(29)26(21-23-27)22-24-28/h27-28H,2-24H2,1H3. The molecule has 0 rings (SSSR count). The van der Waals surface area contributed by atoms with Crippen LogP contribution in [0, 0.1) is 0 Å². The smallest absolute Gasteiger partial charge is 0.222 e. The third-order valence-electron chi connectivity index (χ3n) is 5.84. The minimum atomic E-state index is -0.0368. The molecule has 0 aliphatic rings. The molecule has 0 spiro atoms. The van der Waals surface area contributed by atoms with Gasteiger partial charge < -0.3 is 15.1 Å². The first-order valence-electron chi connectivity index (χ1n) is 12.8. The summed E-state index contributed by atoms with van der Waals surface area (Å²) in [5.41, 5.74) is 0. The highest BCUT2D eigenvalue weighted by molar-refractivity contribution is 5.76. The van der Waals surface area contributed by atoms with Gasteiger partial charge in [-0.3, -0.25) is 4.79 Å². The van der Waals surface area contributed by atoms with Gasteiger partial charge in [-0.25, -0.2) is 0 Å². The first-order valence-corrected chi connectivity index (χ1v) is 12.8. The van der Waals surface area contributed by atoms with Gasteiger partial charge in [-0.2, -0.15) is 0 Å². The largest absolute Gasteiger partial charge is 0.395 e. The summed E-state index contributed by atoms with van der Waals surface area (Å²) in [5.74, 6) is 0.0598. The minimum Gasteiger partial charge on any atom is -0.395 e. The number of nitrogens with zero attached hydrogens (tertiary/aromatic N) is 1. The molecule has 2 N–H and O–H groups in total. The SMILES string of the molecule is CCCCCCCCCCCCCCCCCCCCC(=O)N(CCO)CCO. The van der Waals surface area contributed by atoms with Crippen molar-refractivity contribution in [3.05, 3.63) is 0 Å². The van der Waals surface area contributed by atoms with Crippen LogP contribution in [0.25, 0.3) is 0 Å². The number of carbonyl (C=O) groups excluding carboxylic acids is 1. The van der Waals surface area contributed by atoms with Gasteiger partial charge in [0, 0.05) is 19.5 Å². The van der Waals surface area contributed by atoms with Crippen LogP contribution in [0.1, 0.15) is 129 Å². The summed E-state index contributed by atoms with van der Waals surface area (Å²) < 4.78 is 0. The molecule has 1 amide bonds. The van der Waals surface area contributed by atoms with Crippen molar-refractivity contribution < 1.29 is 15.0 Å². The van der Waals surface area contributed by atoms with E-state index in [4.69, 9.17) is 10.2 Å². The highest BCUT2D eigenvalue weighted by Crippen LogP contribution is 2.14. The van der Waals surface area contributed by atoms with E-state index < -0.39 is 0 Å². The molecule has 4 heteroatoms. The number of rotatable bonds is 23. The summed E-state index contributed by atoms with van der Waals surface area (Å²) in [7, 11) is 0. The van der Waals surface area contributed by atoms with E-state index in [9.17, 15) is 4.79 Å². The Morgan fingerprint density at radius 2 is 0.862 bits per heavy atom. The molecular weight excluding hydrogens is 362 g/mol. The van der Waals surface area contributed by atoms with Crippen LogP contribution in [0.5, 0.6) is 0 Å². The van der Waals surface area contributed by atoms with Crippen LogP contribution in [0.3, 0.4) is 0 Å². The van der Waals surface area contributed by atoms with E-state index in [0.717, 1.165) is 12.8 Å². The molecule has 0 aromatic heterocycles. The molecule has 0 aromatic carbocycles. The fraction of sp³-hybridized carbons (Fsp3) is 0.960. The molecule has 0 fully saturated rings. The lowest BCUT2D eigenvalue weighted by atomic mass is 10.0. The normalized spacial score (nSPS) is 11.1. The third kappa shape index (κ3) is 20.4. The molecule has 29 heavy (non-hydrogen) atoms. The predicted octanol–water partition coefficient (Wildman–Crippen LogP) is 6.23. The molecule has 0 heterocycles. The molecule has 0 aliphatic heterocycles. The van der Waals surface area contributed by atoms with Crippen molar-refractivity contribution in [2.45, 2.75) is 129 Å². The van der Waals surface area contributed by atoms with Gasteiger partial charge in [-0.15, -0.1) is 0 Å². The van der Waals surface area contributed by atoms with Gasteiger partial charge in [0.05, 0.1) is 13.2 Å². The van der Waals surface area contributed by atoms with E-state index >= 15 is 0 Å². The molecule has 0 atom stereocenters. The molecule has 0 aliphatic carbocycles. The van der Waals surface area contributed by atoms with E-state index in [1.807, 2.05) is 0 Å². The van der Waals surface area contributed by atoms with Crippen LogP contribution in [-0.2, 0) is 4.79 Å². The highest BCUT2D eigenvalue weighted by atomic mass is 16.3. The number of hydrogen-bond acceptors (Lipinski definition) is 3. The molecule has 0 bridgehead atoms. The van der Waals surface area contributed by atoms with E-state index in [1.54, 1.807) is 4.90 Å². The maximum Gasteiger partial charge on any atom is 0.222 e. The Morgan fingerprint density at radius 3 is 1.17 bits per heavy atom. The number of hydrogen-bond donors (Lipinski definition) is 2. The zero-order valence-electron chi connectivity index (χ0n) is 19.5. The summed E-state index contributed by atoms with van der Waals surface area (Å²) in [6.07, 6.45) is 24.7. The summed E-state index contributed by atoms with van der Waals surface area (Å²) in [6, 6.07) is 0. The molecule has 0 radical (unpaired) electrons. The molecule has 0 saturated carbocycles.